The zero-order valence-corrected chi connectivity index (χ0v) is 21.0. The maximum Gasteiger partial charge on any atom is 0.332 e. The molecule has 36 heavy (non-hydrogen) atoms. The Kier molecular flexibility index (Phi) is 7.39. The summed E-state index contributed by atoms with van der Waals surface area (Å²) in [7, 11) is 5.95. The first-order valence-corrected chi connectivity index (χ1v) is 11.8. The number of thioether (sulfide) groups is 1. The summed E-state index contributed by atoms with van der Waals surface area (Å²) in [5, 5.41) is 0.405. The van der Waals surface area contributed by atoms with Crippen LogP contribution in [0.3, 0.4) is 0 Å². The lowest BCUT2D eigenvalue weighted by molar-refractivity contribution is -0.141. The second kappa shape index (κ2) is 10.6. The fraction of sp³-hybridized carbons (Fsp3) is 0.240. The molecular formula is C25H24N4O6S. The average molecular weight is 509 g/mol. The zero-order valence-electron chi connectivity index (χ0n) is 20.2. The number of hydrogen-bond acceptors (Lipinski definition) is 9. The molecular weight excluding hydrogens is 484 g/mol. The minimum Gasteiger partial charge on any atom is -0.493 e. The molecule has 0 saturated carbocycles. The van der Waals surface area contributed by atoms with Crippen molar-refractivity contribution in [1.29, 1.82) is 0 Å². The van der Waals surface area contributed by atoms with E-state index in [0.717, 1.165) is 21.9 Å². The van der Waals surface area contributed by atoms with E-state index >= 15 is 0 Å². The van der Waals surface area contributed by atoms with Crippen molar-refractivity contribution < 1.29 is 19.0 Å². The molecule has 0 unspecified atom stereocenters. The van der Waals surface area contributed by atoms with E-state index < -0.39 is 17.2 Å². The van der Waals surface area contributed by atoms with E-state index in [1.807, 2.05) is 30.3 Å². The largest absolute Gasteiger partial charge is 0.493 e. The van der Waals surface area contributed by atoms with Crippen LogP contribution < -0.4 is 20.7 Å². The highest BCUT2D eigenvalue weighted by molar-refractivity contribution is 8.00. The van der Waals surface area contributed by atoms with Crippen LogP contribution >= 0.6 is 11.8 Å². The fourth-order valence-electron chi connectivity index (χ4n) is 3.54. The molecule has 0 radical (unpaired) electrons. The molecule has 4 rings (SSSR count). The van der Waals surface area contributed by atoms with E-state index in [1.54, 1.807) is 18.2 Å². The van der Waals surface area contributed by atoms with Crippen LogP contribution in [0.15, 0.2) is 63.1 Å². The van der Waals surface area contributed by atoms with Gasteiger partial charge in [-0.1, -0.05) is 42.1 Å². The van der Waals surface area contributed by atoms with E-state index in [0.29, 0.717) is 17.1 Å². The molecule has 0 bridgehead atoms. The van der Waals surface area contributed by atoms with Crippen LogP contribution in [0.4, 0.5) is 0 Å². The van der Waals surface area contributed by atoms with Gasteiger partial charge in [-0.05, 0) is 23.8 Å². The van der Waals surface area contributed by atoms with Gasteiger partial charge in [-0.3, -0.25) is 18.7 Å². The first-order chi connectivity index (χ1) is 17.3. The van der Waals surface area contributed by atoms with Gasteiger partial charge in [0.05, 0.1) is 20.0 Å². The number of benzene rings is 2. The molecule has 2 aromatic heterocycles. The fourth-order valence-corrected chi connectivity index (χ4v) is 4.36. The molecule has 0 spiro atoms. The Morgan fingerprint density at radius 1 is 0.944 bits per heavy atom. The number of hydrogen-bond donors (Lipinski definition) is 0. The highest BCUT2D eigenvalue weighted by Crippen LogP contribution is 2.32. The van der Waals surface area contributed by atoms with Gasteiger partial charge < -0.3 is 14.2 Å². The predicted octanol–water partition coefficient (Wildman–Crippen LogP) is 2.55. The minimum atomic E-state index is -0.549. The van der Waals surface area contributed by atoms with Gasteiger partial charge in [-0.25, -0.2) is 14.8 Å². The van der Waals surface area contributed by atoms with Crippen molar-refractivity contribution in [3.63, 3.8) is 0 Å². The molecule has 4 aromatic rings. The van der Waals surface area contributed by atoms with Gasteiger partial charge in [0.15, 0.2) is 23.0 Å². The molecule has 2 heterocycles. The van der Waals surface area contributed by atoms with E-state index in [4.69, 9.17) is 14.2 Å². The van der Waals surface area contributed by atoms with E-state index in [1.165, 1.54) is 32.9 Å². The topological polar surface area (TPSA) is 115 Å². The molecule has 0 N–H and O–H groups in total. The van der Waals surface area contributed by atoms with Crippen LogP contribution in [-0.4, -0.2) is 45.0 Å². The number of aryl methyl sites for hydroxylation is 1. The molecule has 0 saturated heterocycles. The molecule has 0 aliphatic rings. The summed E-state index contributed by atoms with van der Waals surface area (Å²) < 4.78 is 18.3. The van der Waals surface area contributed by atoms with Crippen molar-refractivity contribution in [3.05, 3.63) is 74.9 Å². The van der Waals surface area contributed by atoms with Gasteiger partial charge in [0.1, 0.15) is 17.0 Å². The molecule has 0 atom stereocenters. The minimum absolute atomic E-state index is 0.0870. The second-order valence-corrected chi connectivity index (χ2v) is 8.73. The summed E-state index contributed by atoms with van der Waals surface area (Å²) in [4.78, 5) is 47.1. The normalized spacial score (nSPS) is 10.9. The Morgan fingerprint density at radius 3 is 2.36 bits per heavy atom. The maximum absolute atomic E-state index is 13.0. The lowest BCUT2D eigenvalue weighted by Gasteiger charge is -2.13. The number of carbonyl (C=O) groups is 1. The Hall–Kier alpha value is -4.12. The third-order valence-corrected chi connectivity index (χ3v) is 6.43. The number of esters is 1. The standard InChI is InChI=1S/C25H24N4O6S/c1-28-22-20(24(31)29(2)25(28)32)23(36-14-19(30)35-13-15-8-6-5-7-9-15)27-21(26-22)16-10-11-17(33-3)18(12-16)34-4/h5-12H,13-14H2,1-4H3. The molecule has 10 nitrogen and oxygen atoms in total. The van der Waals surface area contributed by atoms with Gasteiger partial charge >= 0.3 is 11.7 Å². The molecule has 0 aliphatic heterocycles. The molecule has 0 amide bonds. The van der Waals surface area contributed by atoms with Gasteiger partial charge in [-0.15, -0.1) is 0 Å². The van der Waals surface area contributed by atoms with Crippen molar-refractivity contribution in [2.75, 3.05) is 20.0 Å². The number of fused-ring (bicyclic) bond motifs is 1. The monoisotopic (exact) mass is 508 g/mol. The van der Waals surface area contributed by atoms with Gasteiger partial charge in [-0.2, -0.15) is 0 Å². The zero-order chi connectivity index (χ0) is 25.8. The van der Waals surface area contributed by atoms with Crippen LogP contribution in [0.2, 0.25) is 0 Å². The Bertz CT molecular complexity index is 1550. The summed E-state index contributed by atoms with van der Waals surface area (Å²) in [6.07, 6.45) is 0. The smallest absolute Gasteiger partial charge is 0.332 e. The van der Waals surface area contributed by atoms with Crippen LogP contribution in [0, 0.1) is 0 Å². The maximum atomic E-state index is 13.0. The lowest BCUT2D eigenvalue weighted by Crippen LogP contribution is -2.37. The second-order valence-electron chi connectivity index (χ2n) is 7.76. The number of nitrogens with zero attached hydrogens (tertiary/aromatic N) is 4. The summed E-state index contributed by atoms with van der Waals surface area (Å²) in [5.41, 5.74) is 0.525. The highest BCUT2D eigenvalue weighted by atomic mass is 32.2. The summed E-state index contributed by atoms with van der Waals surface area (Å²) in [6.45, 7) is 0.137. The SMILES string of the molecule is COc1ccc(-c2nc(SCC(=O)OCc3ccccc3)c3c(=O)n(C)c(=O)n(C)c3n2)cc1OC. The number of methoxy groups -OCH3 is 2. The number of aromatic nitrogens is 4. The van der Waals surface area contributed by atoms with E-state index in [2.05, 4.69) is 9.97 Å². The van der Waals surface area contributed by atoms with Crippen LogP contribution in [-0.2, 0) is 30.2 Å². The first kappa shape index (κ1) is 25.0. The Morgan fingerprint density at radius 2 is 1.67 bits per heavy atom. The van der Waals surface area contributed by atoms with Gasteiger partial charge in [0.25, 0.3) is 5.56 Å². The Labute approximate surface area is 210 Å². The average Bonchev–Trinajstić information content (AvgIpc) is 2.92. The quantitative estimate of drug-likeness (QED) is 0.201. The summed E-state index contributed by atoms with van der Waals surface area (Å²) >= 11 is 1.05. The van der Waals surface area contributed by atoms with Gasteiger partial charge in [0, 0.05) is 19.7 Å². The molecule has 186 valence electrons. The number of rotatable bonds is 8. The third-order valence-electron chi connectivity index (χ3n) is 5.48. The van der Waals surface area contributed by atoms with Crippen molar-refractivity contribution in [2.24, 2.45) is 14.1 Å². The molecule has 0 aliphatic carbocycles. The molecule has 11 heteroatoms. The Balaban J connectivity index is 1.74. The number of ether oxygens (including phenoxy) is 3. The number of carbonyl (C=O) groups excluding carboxylic acids is 1. The highest BCUT2D eigenvalue weighted by Gasteiger charge is 2.20. The van der Waals surface area contributed by atoms with Gasteiger partial charge in [0.2, 0.25) is 0 Å². The third kappa shape index (κ3) is 4.96. The van der Waals surface area contributed by atoms with E-state index in [-0.39, 0.29) is 34.2 Å². The van der Waals surface area contributed by atoms with Crippen molar-refractivity contribution in [3.8, 4) is 22.9 Å². The van der Waals surface area contributed by atoms with Crippen molar-refractivity contribution >= 4 is 28.8 Å². The van der Waals surface area contributed by atoms with Crippen LogP contribution in [0.25, 0.3) is 22.4 Å². The van der Waals surface area contributed by atoms with Crippen molar-refractivity contribution in [2.45, 2.75) is 11.6 Å². The van der Waals surface area contributed by atoms with Crippen LogP contribution in [0.1, 0.15) is 5.56 Å². The molecule has 2 aromatic carbocycles. The summed E-state index contributed by atoms with van der Waals surface area (Å²) in [5.74, 6) is 0.696. The predicted molar refractivity (Wildman–Crippen MR) is 136 cm³/mol. The van der Waals surface area contributed by atoms with Crippen LogP contribution in [0.5, 0.6) is 11.5 Å². The summed E-state index contributed by atoms with van der Waals surface area (Å²) in [6, 6.07) is 14.5. The van der Waals surface area contributed by atoms with Crippen molar-refractivity contribution in [1.82, 2.24) is 19.1 Å². The van der Waals surface area contributed by atoms with E-state index in [9.17, 15) is 14.4 Å². The molecule has 0 fully saturated rings. The first-order valence-electron chi connectivity index (χ1n) is 10.9. The lowest BCUT2D eigenvalue weighted by atomic mass is 10.2.